The molecule has 1 unspecified atom stereocenters. The van der Waals surface area contributed by atoms with E-state index >= 15 is 0 Å². The number of aliphatic hydroxyl groups is 1. The number of benzene rings is 1. The van der Waals surface area contributed by atoms with Gasteiger partial charge in [-0.2, -0.15) is 0 Å². The van der Waals surface area contributed by atoms with Gasteiger partial charge in [0.05, 0.1) is 6.04 Å². The number of rotatable bonds is 6. The van der Waals surface area contributed by atoms with Crippen LogP contribution in [-0.4, -0.2) is 34.7 Å². The average Bonchev–Trinajstić information content (AvgIpc) is 2.82. The lowest BCUT2D eigenvalue weighted by molar-refractivity contribution is -0.123. The van der Waals surface area contributed by atoms with Crippen LogP contribution in [0.3, 0.4) is 0 Å². The third-order valence-corrected chi connectivity index (χ3v) is 3.40. The smallest absolute Gasteiger partial charge is 0.237 e. The highest BCUT2D eigenvalue weighted by Gasteiger charge is 2.17. The molecular formula is C15H21N3O2. The van der Waals surface area contributed by atoms with Crippen LogP contribution in [0, 0.1) is 0 Å². The molecule has 5 heteroatoms. The number of nitrogens with two attached hydrogens (primary N) is 1. The zero-order chi connectivity index (χ0) is 14.5. The van der Waals surface area contributed by atoms with E-state index in [2.05, 4.69) is 10.3 Å². The molecule has 0 spiro atoms. The first-order valence-electron chi connectivity index (χ1n) is 6.83. The number of para-hydroxylation sites is 1. The Kier molecular flexibility index (Phi) is 4.76. The Balaban J connectivity index is 2.00. The van der Waals surface area contributed by atoms with Crippen LogP contribution in [0.4, 0.5) is 0 Å². The van der Waals surface area contributed by atoms with Crippen molar-refractivity contribution in [3.63, 3.8) is 0 Å². The summed E-state index contributed by atoms with van der Waals surface area (Å²) in [7, 11) is 0. The third-order valence-electron chi connectivity index (χ3n) is 3.40. The predicted octanol–water partition coefficient (Wildman–Crippen LogP) is 0.925. The van der Waals surface area contributed by atoms with Crippen molar-refractivity contribution in [2.24, 2.45) is 5.73 Å². The van der Waals surface area contributed by atoms with Gasteiger partial charge in [-0.1, -0.05) is 18.2 Å². The van der Waals surface area contributed by atoms with Gasteiger partial charge < -0.3 is 21.1 Å². The minimum absolute atomic E-state index is 0.0547. The number of aromatic amines is 1. The van der Waals surface area contributed by atoms with Crippen LogP contribution >= 0.6 is 0 Å². The van der Waals surface area contributed by atoms with E-state index in [-0.39, 0.29) is 18.6 Å². The molecule has 2 atom stereocenters. The molecule has 0 aliphatic rings. The molecule has 1 aromatic carbocycles. The SMILES string of the molecule is CC(CCO)NC(=O)[C@H](N)Cc1c[nH]c2ccccc12. The monoisotopic (exact) mass is 275 g/mol. The van der Waals surface area contributed by atoms with Crippen molar-refractivity contribution in [2.75, 3.05) is 6.61 Å². The van der Waals surface area contributed by atoms with Crippen molar-refractivity contribution in [1.29, 1.82) is 0 Å². The number of fused-ring (bicyclic) bond motifs is 1. The van der Waals surface area contributed by atoms with Gasteiger partial charge in [0.1, 0.15) is 0 Å². The van der Waals surface area contributed by atoms with Crippen molar-refractivity contribution in [3.8, 4) is 0 Å². The topological polar surface area (TPSA) is 91.1 Å². The first-order chi connectivity index (χ1) is 9.61. The van der Waals surface area contributed by atoms with Crippen molar-refractivity contribution in [3.05, 3.63) is 36.0 Å². The molecule has 108 valence electrons. The van der Waals surface area contributed by atoms with Crippen LogP contribution < -0.4 is 11.1 Å². The Hall–Kier alpha value is -1.85. The van der Waals surface area contributed by atoms with E-state index in [1.807, 2.05) is 37.4 Å². The minimum atomic E-state index is -0.588. The zero-order valence-electron chi connectivity index (χ0n) is 11.6. The third kappa shape index (κ3) is 3.37. The average molecular weight is 275 g/mol. The number of carbonyl (C=O) groups excluding carboxylic acids is 1. The second-order valence-electron chi connectivity index (χ2n) is 5.09. The van der Waals surface area contributed by atoms with E-state index in [1.165, 1.54) is 0 Å². The Morgan fingerprint density at radius 3 is 2.95 bits per heavy atom. The van der Waals surface area contributed by atoms with E-state index in [4.69, 9.17) is 10.8 Å². The maximum Gasteiger partial charge on any atom is 0.237 e. The number of hydrogen-bond acceptors (Lipinski definition) is 3. The lowest BCUT2D eigenvalue weighted by Crippen LogP contribution is -2.45. The van der Waals surface area contributed by atoms with Gasteiger partial charge in [-0.05, 0) is 31.4 Å². The van der Waals surface area contributed by atoms with E-state index in [1.54, 1.807) is 0 Å². The summed E-state index contributed by atoms with van der Waals surface area (Å²) in [6.07, 6.45) is 2.92. The van der Waals surface area contributed by atoms with Gasteiger partial charge in [0.2, 0.25) is 5.91 Å². The number of nitrogens with one attached hydrogen (secondary N) is 2. The van der Waals surface area contributed by atoms with E-state index in [0.717, 1.165) is 16.5 Å². The summed E-state index contributed by atoms with van der Waals surface area (Å²) in [4.78, 5) is 15.1. The molecule has 0 aliphatic heterocycles. The summed E-state index contributed by atoms with van der Waals surface area (Å²) in [6.45, 7) is 1.91. The molecule has 0 saturated heterocycles. The normalized spacial score (nSPS) is 14.2. The van der Waals surface area contributed by atoms with E-state index < -0.39 is 6.04 Å². The molecule has 1 heterocycles. The van der Waals surface area contributed by atoms with E-state index in [0.29, 0.717) is 12.8 Å². The number of aromatic nitrogens is 1. The van der Waals surface area contributed by atoms with Crippen LogP contribution in [0.5, 0.6) is 0 Å². The second-order valence-corrected chi connectivity index (χ2v) is 5.09. The fraction of sp³-hybridized carbons (Fsp3) is 0.400. The number of carbonyl (C=O) groups is 1. The predicted molar refractivity (Wildman–Crippen MR) is 79.3 cm³/mol. The number of H-pyrrole nitrogens is 1. The molecule has 0 radical (unpaired) electrons. The first kappa shape index (κ1) is 14.6. The molecule has 5 nitrogen and oxygen atoms in total. The van der Waals surface area contributed by atoms with Gasteiger partial charge in [0.15, 0.2) is 0 Å². The Bertz CT molecular complexity index is 579. The summed E-state index contributed by atoms with van der Waals surface area (Å²) < 4.78 is 0. The number of amides is 1. The summed E-state index contributed by atoms with van der Waals surface area (Å²) in [6, 6.07) is 7.28. The fourth-order valence-electron chi connectivity index (χ4n) is 2.25. The maximum atomic E-state index is 12.0. The first-order valence-corrected chi connectivity index (χ1v) is 6.83. The molecule has 5 N–H and O–H groups in total. The molecule has 1 amide bonds. The van der Waals surface area contributed by atoms with E-state index in [9.17, 15) is 4.79 Å². The maximum absolute atomic E-state index is 12.0. The molecule has 0 aliphatic carbocycles. The lowest BCUT2D eigenvalue weighted by Gasteiger charge is -2.16. The fourth-order valence-corrected chi connectivity index (χ4v) is 2.25. The molecule has 20 heavy (non-hydrogen) atoms. The van der Waals surface area contributed by atoms with Crippen LogP contribution in [0.15, 0.2) is 30.5 Å². The second kappa shape index (κ2) is 6.54. The Morgan fingerprint density at radius 2 is 2.20 bits per heavy atom. The summed E-state index contributed by atoms with van der Waals surface area (Å²) in [5.74, 6) is -0.184. The van der Waals surface area contributed by atoms with Crippen LogP contribution in [0.25, 0.3) is 10.9 Å². The van der Waals surface area contributed by atoms with Gasteiger partial charge in [0.25, 0.3) is 0 Å². The van der Waals surface area contributed by atoms with Gasteiger partial charge in [-0.3, -0.25) is 4.79 Å². The molecular weight excluding hydrogens is 254 g/mol. The van der Waals surface area contributed by atoms with Gasteiger partial charge in [-0.25, -0.2) is 0 Å². The lowest BCUT2D eigenvalue weighted by atomic mass is 10.0. The van der Waals surface area contributed by atoms with Gasteiger partial charge in [0, 0.05) is 29.7 Å². The van der Waals surface area contributed by atoms with Gasteiger partial charge in [-0.15, -0.1) is 0 Å². The highest BCUT2D eigenvalue weighted by molar-refractivity contribution is 5.86. The van der Waals surface area contributed by atoms with Crippen LogP contribution in [0.2, 0.25) is 0 Å². The summed E-state index contributed by atoms with van der Waals surface area (Å²) >= 11 is 0. The quantitative estimate of drug-likeness (QED) is 0.632. The molecule has 0 bridgehead atoms. The highest BCUT2D eigenvalue weighted by atomic mass is 16.3. The molecule has 0 fully saturated rings. The van der Waals surface area contributed by atoms with Crippen molar-refractivity contribution in [1.82, 2.24) is 10.3 Å². The van der Waals surface area contributed by atoms with Crippen LogP contribution in [-0.2, 0) is 11.2 Å². The van der Waals surface area contributed by atoms with Crippen LogP contribution in [0.1, 0.15) is 18.9 Å². The molecule has 2 rings (SSSR count). The number of aliphatic hydroxyl groups excluding tert-OH is 1. The molecule has 0 saturated carbocycles. The Morgan fingerprint density at radius 1 is 1.45 bits per heavy atom. The summed E-state index contributed by atoms with van der Waals surface area (Å²) in [5, 5.41) is 12.7. The zero-order valence-corrected chi connectivity index (χ0v) is 11.6. The molecule has 2 aromatic rings. The van der Waals surface area contributed by atoms with Crippen molar-refractivity contribution >= 4 is 16.8 Å². The van der Waals surface area contributed by atoms with Crippen molar-refractivity contribution in [2.45, 2.75) is 31.8 Å². The Labute approximate surface area is 118 Å². The van der Waals surface area contributed by atoms with Crippen molar-refractivity contribution < 1.29 is 9.90 Å². The standard InChI is InChI=1S/C15H21N3O2/c1-10(6-7-19)18-15(20)13(16)8-11-9-17-14-5-3-2-4-12(11)14/h2-5,9-10,13,17,19H,6-8,16H2,1H3,(H,18,20)/t10?,13-/m1/s1. The summed E-state index contributed by atoms with van der Waals surface area (Å²) in [5.41, 5.74) is 8.04. The van der Waals surface area contributed by atoms with Gasteiger partial charge >= 0.3 is 0 Å². The minimum Gasteiger partial charge on any atom is -0.396 e. The molecule has 1 aromatic heterocycles. The largest absolute Gasteiger partial charge is 0.396 e. The highest BCUT2D eigenvalue weighted by Crippen LogP contribution is 2.18. The number of hydrogen-bond donors (Lipinski definition) is 4.